The Hall–Kier alpha value is -3.42. The van der Waals surface area contributed by atoms with Gasteiger partial charge in [-0.15, -0.1) is 0 Å². The summed E-state index contributed by atoms with van der Waals surface area (Å²) in [4.78, 5) is 16.9. The first-order valence-corrected chi connectivity index (χ1v) is 18.0. The first kappa shape index (κ1) is 31.0. The molecule has 224 valence electrons. The predicted octanol–water partition coefficient (Wildman–Crippen LogP) is 8.49. The van der Waals surface area contributed by atoms with E-state index >= 15 is 0 Å². The van der Waals surface area contributed by atoms with Gasteiger partial charge < -0.3 is 14.1 Å². The molecule has 1 N–H and O–H groups in total. The van der Waals surface area contributed by atoms with Crippen molar-refractivity contribution in [3.8, 4) is 5.75 Å². The average Bonchev–Trinajstić information content (AvgIpc) is 3.23. The number of hydrogen-bond acceptors (Lipinski definition) is 4. The number of nitrogens with one attached hydrogen (secondary N) is 1. The van der Waals surface area contributed by atoms with Crippen LogP contribution in [0.15, 0.2) is 103 Å². The van der Waals surface area contributed by atoms with Crippen molar-refractivity contribution in [2.75, 3.05) is 18.6 Å². The minimum absolute atomic E-state index is 0.0416. The van der Waals surface area contributed by atoms with Crippen molar-refractivity contribution in [1.29, 1.82) is 0 Å². The van der Waals surface area contributed by atoms with Gasteiger partial charge in [-0.25, -0.2) is 0 Å². The summed E-state index contributed by atoms with van der Waals surface area (Å²) in [7, 11) is -0.439. The van der Waals surface area contributed by atoms with Gasteiger partial charge in [0.25, 0.3) is 5.91 Å². The molecular formula is C36H41ClN2O3Si. The van der Waals surface area contributed by atoms with Crippen molar-refractivity contribution in [3.05, 3.63) is 130 Å². The molecule has 0 saturated carbocycles. The molecule has 1 heterocycles. The number of para-hydroxylation sites is 1. The number of carbonyl (C=O) groups excluding carboxylic acids is 1. The second-order valence-electron chi connectivity index (χ2n) is 12.7. The summed E-state index contributed by atoms with van der Waals surface area (Å²) in [6, 6.07) is 33.6. The van der Waals surface area contributed by atoms with Crippen LogP contribution < -0.4 is 15.0 Å². The zero-order valence-electron chi connectivity index (χ0n) is 25.9. The SMILES string of the molecule is COc1ccc(CN2C(=O)[C@](N[C@@H](CO[Si](C)(C)C(C)(C)C)c3ccccc3)(c3ccc(Cl)cc3)c3ccccc32)cc1. The summed E-state index contributed by atoms with van der Waals surface area (Å²) in [5, 5.41) is 4.56. The normalized spacial score (nSPS) is 17.6. The van der Waals surface area contributed by atoms with Gasteiger partial charge in [0, 0.05) is 10.6 Å². The summed E-state index contributed by atoms with van der Waals surface area (Å²) >= 11 is 6.36. The standard InChI is InChI=1S/C36H41ClN2O3Si/c1-35(2,3)43(5,6)42-25-32(27-12-8-7-9-13-27)38-36(28-18-20-29(37)21-19-28)31-14-10-11-15-33(31)39(34(36)40)24-26-16-22-30(41-4)23-17-26/h7-23,32,38H,24-25H2,1-6H3/t32-,36-/m0/s1. The molecule has 0 saturated heterocycles. The van der Waals surface area contributed by atoms with E-state index in [2.05, 4.69) is 57.4 Å². The van der Waals surface area contributed by atoms with Crippen LogP contribution in [0.1, 0.15) is 49.1 Å². The van der Waals surface area contributed by atoms with E-state index in [-0.39, 0.29) is 17.0 Å². The Morgan fingerprint density at radius 2 is 1.51 bits per heavy atom. The summed E-state index contributed by atoms with van der Waals surface area (Å²) < 4.78 is 12.2. The van der Waals surface area contributed by atoms with Gasteiger partial charge in [0.2, 0.25) is 0 Å². The van der Waals surface area contributed by atoms with E-state index in [9.17, 15) is 4.79 Å². The molecule has 0 aromatic heterocycles. The number of ether oxygens (including phenoxy) is 1. The number of rotatable bonds is 10. The molecule has 0 fully saturated rings. The lowest BCUT2D eigenvalue weighted by Gasteiger charge is -2.40. The first-order chi connectivity index (χ1) is 20.5. The molecular weight excluding hydrogens is 572 g/mol. The van der Waals surface area contributed by atoms with Gasteiger partial charge in [-0.3, -0.25) is 10.1 Å². The van der Waals surface area contributed by atoms with Crippen molar-refractivity contribution in [2.24, 2.45) is 0 Å². The van der Waals surface area contributed by atoms with Gasteiger partial charge in [-0.1, -0.05) is 105 Å². The average molecular weight is 613 g/mol. The van der Waals surface area contributed by atoms with E-state index in [1.807, 2.05) is 89.8 Å². The lowest BCUT2D eigenvalue weighted by atomic mass is 9.82. The Labute approximate surface area is 261 Å². The number of carbonyl (C=O) groups is 1. The Kier molecular flexibility index (Phi) is 8.86. The van der Waals surface area contributed by atoms with Crippen LogP contribution in [-0.4, -0.2) is 27.9 Å². The Balaban J connectivity index is 1.62. The molecule has 0 radical (unpaired) electrons. The molecule has 0 aliphatic carbocycles. The minimum Gasteiger partial charge on any atom is -0.497 e. The van der Waals surface area contributed by atoms with Gasteiger partial charge in [-0.2, -0.15) is 0 Å². The van der Waals surface area contributed by atoms with Gasteiger partial charge in [0.05, 0.1) is 32.0 Å². The number of halogens is 1. The van der Waals surface area contributed by atoms with Crippen molar-refractivity contribution in [3.63, 3.8) is 0 Å². The monoisotopic (exact) mass is 612 g/mol. The van der Waals surface area contributed by atoms with Crippen molar-refractivity contribution >= 4 is 31.5 Å². The molecule has 2 atom stereocenters. The fourth-order valence-corrected chi connectivity index (χ4v) is 6.54. The first-order valence-electron chi connectivity index (χ1n) is 14.7. The molecule has 1 amide bonds. The van der Waals surface area contributed by atoms with Gasteiger partial charge in [0.1, 0.15) is 5.75 Å². The lowest BCUT2D eigenvalue weighted by Crippen LogP contribution is -2.54. The van der Waals surface area contributed by atoms with Crippen molar-refractivity contribution in [1.82, 2.24) is 5.32 Å². The third kappa shape index (κ3) is 6.15. The summed E-state index contributed by atoms with van der Waals surface area (Å²) in [6.45, 7) is 12.1. The molecule has 1 aliphatic heterocycles. The number of amides is 1. The number of nitrogens with zero attached hydrogens (tertiary/aromatic N) is 1. The number of anilines is 1. The minimum atomic E-state index is -2.09. The molecule has 5 nitrogen and oxygen atoms in total. The van der Waals surface area contributed by atoms with Gasteiger partial charge >= 0.3 is 0 Å². The fourth-order valence-electron chi connectivity index (χ4n) is 5.40. The van der Waals surface area contributed by atoms with E-state index < -0.39 is 13.9 Å². The molecule has 0 bridgehead atoms. The molecule has 43 heavy (non-hydrogen) atoms. The number of fused-ring (bicyclic) bond motifs is 1. The smallest absolute Gasteiger partial charge is 0.256 e. The van der Waals surface area contributed by atoms with Crippen molar-refractivity contribution in [2.45, 2.75) is 57.0 Å². The van der Waals surface area contributed by atoms with E-state index in [1.54, 1.807) is 7.11 Å². The Morgan fingerprint density at radius 1 is 0.884 bits per heavy atom. The Morgan fingerprint density at radius 3 is 2.14 bits per heavy atom. The zero-order chi connectivity index (χ0) is 30.8. The van der Waals surface area contributed by atoms with E-state index in [0.717, 1.165) is 33.7 Å². The van der Waals surface area contributed by atoms with Crippen LogP contribution in [0.4, 0.5) is 5.69 Å². The van der Waals surface area contributed by atoms with Crippen LogP contribution in [0.5, 0.6) is 5.75 Å². The third-order valence-corrected chi connectivity index (χ3v) is 13.7. The molecule has 1 aliphatic rings. The van der Waals surface area contributed by atoms with Gasteiger partial charge in [-0.05, 0) is 65.2 Å². The molecule has 7 heteroatoms. The number of benzene rings is 4. The maximum absolute atomic E-state index is 15.0. The second-order valence-corrected chi connectivity index (χ2v) is 17.9. The summed E-state index contributed by atoms with van der Waals surface area (Å²) in [5.41, 5.74) is 3.53. The number of hydrogen-bond donors (Lipinski definition) is 1. The molecule has 4 aromatic carbocycles. The molecule has 5 rings (SSSR count). The Bertz CT molecular complexity index is 1550. The second kappa shape index (κ2) is 12.3. The van der Waals surface area contributed by atoms with Crippen molar-refractivity contribution < 1.29 is 14.0 Å². The van der Waals surface area contributed by atoms with Crippen LogP contribution in [0.3, 0.4) is 0 Å². The highest BCUT2D eigenvalue weighted by Crippen LogP contribution is 2.47. The maximum atomic E-state index is 15.0. The highest BCUT2D eigenvalue weighted by Gasteiger charge is 2.53. The summed E-state index contributed by atoms with van der Waals surface area (Å²) in [6.07, 6.45) is 0. The summed E-state index contributed by atoms with van der Waals surface area (Å²) in [5.74, 6) is 0.738. The van der Waals surface area contributed by atoms with Crippen LogP contribution in [0.25, 0.3) is 0 Å². The molecule has 0 unspecified atom stereocenters. The van der Waals surface area contributed by atoms with Crippen LogP contribution in [0, 0.1) is 0 Å². The largest absolute Gasteiger partial charge is 0.497 e. The van der Waals surface area contributed by atoms with Crippen LogP contribution >= 0.6 is 11.6 Å². The molecule has 0 spiro atoms. The fraction of sp³-hybridized carbons (Fsp3) is 0.306. The third-order valence-electron chi connectivity index (χ3n) is 8.95. The van der Waals surface area contributed by atoms with Gasteiger partial charge in [0.15, 0.2) is 13.9 Å². The quantitative estimate of drug-likeness (QED) is 0.182. The topological polar surface area (TPSA) is 50.8 Å². The van der Waals surface area contributed by atoms with Crippen LogP contribution in [0.2, 0.25) is 23.2 Å². The number of methoxy groups -OCH3 is 1. The highest BCUT2D eigenvalue weighted by atomic mass is 35.5. The molecule has 4 aromatic rings. The van der Waals surface area contributed by atoms with E-state index in [4.69, 9.17) is 20.8 Å². The van der Waals surface area contributed by atoms with Crippen LogP contribution in [-0.2, 0) is 21.3 Å². The maximum Gasteiger partial charge on any atom is 0.256 e. The predicted molar refractivity (Wildman–Crippen MR) is 178 cm³/mol. The lowest BCUT2D eigenvalue weighted by molar-refractivity contribution is -0.123. The van der Waals surface area contributed by atoms with E-state index in [1.165, 1.54) is 0 Å². The zero-order valence-corrected chi connectivity index (χ0v) is 27.6. The highest BCUT2D eigenvalue weighted by molar-refractivity contribution is 6.74. The van der Waals surface area contributed by atoms with E-state index in [0.29, 0.717) is 18.2 Å².